The Morgan fingerprint density at radius 1 is 1.06 bits per heavy atom. The van der Waals surface area contributed by atoms with Crippen molar-refractivity contribution >= 4 is 0 Å². The zero-order valence-electron chi connectivity index (χ0n) is 19.6. The van der Waals surface area contributed by atoms with Gasteiger partial charge >= 0.3 is 0 Å². The molecule has 0 aliphatic rings. The molecule has 3 rings (SSSR count). The summed E-state index contributed by atoms with van der Waals surface area (Å²) in [4.78, 5) is 2.19. The van der Waals surface area contributed by atoms with Crippen molar-refractivity contribution in [1.82, 2.24) is 14.7 Å². The van der Waals surface area contributed by atoms with Gasteiger partial charge in [-0.2, -0.15) is 5.10 Å². The molecule has 0 fully saturated rings. The van der Waals surface area contributed by atoms with E-state index in [0.717, 1.165) is 43.5 Å². The first-order valence-corrected chi connectivity index (χ1v) is 11.6. The molecule has 3 aromatic rings. The SMILES string of the molecule is CCCC[C@H](O)CN(CCC)Cc1c(C)nn(-c2ccc(F)cc2)c1Oc1cccc(F)c1. The third-order valence-electron chi connectivity index (χ3n) is 5.50. The molecule has 178 valence electrons. The molecule has 1 N–H and O–H groups in total. The van der Waals surface area contributed by atoms with Gasteiger partial charge in [0.15, 0.2) is 0 Å². The van der Waals surface area contributed by atoms with E-state index in [1.165, 1.54) is 24.3 Å². The summed E-state index contributed by atoms with van der Waals surface area (Å²) in [5.74, 6) is 0.0642. The molecule has 0 radical (unpaired) electrons. The zero-order chi connectivity index (χ0) is 23.8. The highest BCUT2D eigenvalue weighted by Crippen LogP contribution is 2.32. The van der Waals surface area contributed by atoms with Crippen molar-refractivity contribution in [3.05, 3.63) is 71.4 Å². The van der Waals surface area contributed by atoms with Crippen molar-refractivity contribution in [3.8, 4) is 17.3 Å². The molecule has 0 unspecified atom stereocenters. The van der Waals surface area contributed by atoms with E-state index in [2.05, 4.69) is 23.8 Å². The molecule has 0 saturated carbocycles. The summed E-state index contributed by atoms with van der Waals surface area (Å²) in [6, 6.07) is 11.9. The van der Waals surface area contributed by atoms with Crippen molar-refractivity contribution in [1.29, 1.82) is 0 Å². The van der Waals surface area contributed by atoms with Gasteiger partial charge in [0, 0.05) is 19.2 Å². The lowest BCUT2D eigenvalue weighted by molar-refractivity contribution is 0.0991. The average Bonchev–Trinajstić information content (AvgIpc) is 3.08. The van der Waals surface area contributed by atoms with Crippen molar-refractivity contribution in [2.24, 2.45) is 0 Å². The Balaban J connectivity index is 1.97. The molecule has 1 aromatic heterocycles. The monoisotopic (exact) mass is 457 g/mol. The van der Waals surface area contributed by atoms with Crippen LogP contribution in [-0.2, 0) is 6.54 Å². The zero-order valence-corrected chi connectivity index (χ0v) is 19.6. The van der Waals surface area contributed by atoms with E-state index >= 15 is 0 Å². The highest BCUT2D eigenvalue weighted by molar-refractivity contribution is 5.43. The first-order valence-electron chi connectivity index (χ1n) is 11.6. The molecule has 5 nitrogen and oxygen atoms in total. The van der Waals surface area contributed by atoms with Gasteiger partial charge in [0.2, 0.25) is 5.88 Å². The predicted octanol–water partition coefficient (Wildman–Crippen LogP) is 6.01. The number of aliphatic hydroxyl groups excluding tert-OH is 1. The Morgan fingerprint density at radius 3 is 2.48 bits per heavy atom. The third kappa shape index (κ3) is 6.85. The number of aryl methyl sites for hydroxylation is 1. The van der Waals surface area contributed by atoms with Gasteiger partial charge in [-0.1, -0.05) is 32.8 Å². The van der Waals surface area contributed by atoms with E-state index in [4.69, 9.17) is 4.74 Å². The minimum atomic E-state index is -0.406. The molecule has 0 aliphatic carbocycles. The van der Waals surface area contributed by atoms with Crippen LogP contribution in [0.5, 0.6) is 11.6 Å². The second-order valence-corrected chi connectivity index (χ2v) is 8.35. The molecule has 7 heteroatoms. The quantitative estimate of drug-likeness (QED) is 0.362. The summed E-state index contributed by atoms with van der Waals surface area (Å²) in [5, 5.41) is 15.2. The van der Waals surface area contributed by atoms with E-state index in [-0.39, 0.29) is 5.82 Å². The van der Waals surface area contributed by atoms with Gasteiger partial charge in [-0.25, -0.2) is 13.5 Å². The van der Waals surface area contributed by atoms with Crippen molar-refractivity contribution in [2.45, 2.75) is 59.1 Å². The van der Waals surface area contributed by atoms with Crippen molar-refractivity contribution < 1.29 is 18.6 Å². The number of hydrogen-bond donors (Lipinski definition) is 1. The number of hydrogen-bond acceptors (Lipinski definition) is 4. The van der Waals surface area contributed by atoms with Crippen LogP contribution in [0.1, 0.15) is 50.8 Å². The predicted molar refractivity (Wildman–Crippen MR) is 126 cm³/mol. The lowest BCUT2D eigenvalue weighted by Crippen LogP contribution is -2.33. The molecule has 1 heterocycles. The summed E-state index contributed by atoms with van der Waals surface area (Å²) in [6.07, 6.45) is 3.32. The average molecular weight is 458 g/mol. The summed E-state index contributed by atoms with van der Waals surface area (Å²) in [5.41, 5.74) is 2.25. The van der Waals surface area contributed by atoms with Gasteiger partial charge < -0.3 is 9.84 Å². The van der Waals surface area contributed by atoms with Crippen LogP contribution in [0, 0.1) is 18.6 Å². The number of rotatable bonds is 12. The molecule has 0 spiro atoms. The van der Waals surface area contributed by atoms with E-state index in [9.17, 15) is 13.9 Å². The standard InChI is InChI=1S/C26H33F2N3O2/c1-4-6-9-23(32)17-30(15-5-2)18-25-19(3)29-31(22-13-11-20(27)12-14-22)26(25)33-24-10-7-8-21(28)16-24/h7-8,10-14,16,23,32H,4-6,9,15,17-18H2,1-3H3/t23-/m0/s1. The lowest BCUT2D eigenvalue weighted by atomic mass is 10.1. The molecule has 2 aromatic carbocycles. The smallest absolute Gasteiger partial charge is 0.227 e. The number of ether oxygens (including phenoxy) is 1. The summed E-state index contributed by atoms with van der Waals surface area (Å²) in [6.45, 7) is 7.99. The molecular weight excluding hydrogens is 424 g/mol. The van der Waals surface area contributed by atoms with Gasteiger partial charge in [-0.15, -0.1) is 0 Å². The van der Waals surface area contributed by atoms with E-state index < -0.39 is 11.9 Å². The van der Waals surface area contributed by atoms with E-state index in [1.807, 2.05) is 6.92 Å². The minimum absolute atomic E-state index is 0.342. The number of aromatic nitrogens is 2. The van der Waals surface area contributed by atoms with Gasteiger partial charge in [0.05, 0.1) is 23.0 Å². The number of nitrogens with zero attached hydrogens (tertiary/aromatic N) is 3. The van der Waals surface area contributed by atoms with Crippen LogP contribution in [0.2, 0.25) is 0 Å². The molecule has 0 bridgehead atoms. The summed E-state index contributed by atoms with van der Waals surface area (Å²) in [7, 11) is 0. The molecule has 33 heavy (non-hydrogen) atoms. The van der Waals surface area contributed by atoms with Gasteiger partial charge in [-0.05, 0) is 62.7 Å². The Labute approximate surface area is 194 Å². The summed E-state index contributed by atoms with van der Waals surface area (Å²) >= 11 is 0. The molecule has 0 saturated heterocycles. The van der Waals surface area contributed by atoms with Crippen LogP contribution < -0.4 is 4.74 Å². The largest absolute Gasteiger partial charge is 0.438 e. The summed E-state index contributed by atoms with van der Waals surface area (Å²) < 4.78 is 35.1. The first kappa shape index (κ1) is 24.9. The topological polar surface area (TPSA) is 50.5 Å². The first-order chi connectivity index (χ1) is 15.9. The maximum absolute atomic E-state index is 13.8. The highest BCUT2D eigenvalue weighted by Gasteiger charge is 2.22. The Morgan fingerprint density at radius 2 is 1.82 bits per heavy atom. The van der Waals surface area contributed by atoms with Crippen LogP contribution in [0.15, 0.2) is 48.5 Å². The van der Waals surface area contributed by atoms with Crippen molar-refractivity contribution in [3.63, 3.8) is 0 Å². The number of benzene rings is 2. The molecule has 0 amide bonds. The highest BCUT2D eigenvalue weighted by atomic mass is 19.1. The van der Waals surface area contributed by atoms with Crippen LogP contribution in [0.25, 0.3) is 5.69 Å². The number of unbranched alkanes of at least 4 members (excludes halogenated alkanes) is 1. The third-order valence-corrected chi connectivity index (χ3v) is 5.50. The Hall–Kier alpha value is -2.77. The fourth-order valence-electron chi connectivity index (χ4n) is 3.83. The number of halogens is 2. The fourth-order valence-corrected chi connectivity index (χ4v) is 3.83. The fraction of sp³-hybridized carbons (Fsp3) is 0.423. The van der Waals surface area contributed by atoms with Gasteiger partial charge in [0.25, 0.3) is 0 Å². The van der Waals surface area contributed by atoms with E-state index in [1.54, 1.807) is 28.9 Å². The molecule has 0 aliphatic heterocycles. The molecule has 1 atom stereocenters. The Bertz CT molecular complexity index is 1020. The number of aliphatic hydroxyl groups is 1. The maximum atomic E-state index is 13.8. The Kier molecular flexibility index (Phi) is 8.97. The molecular formula is C26H33F2N3O2. The normalized spacial score (nSPS) is 12.3. The van der Waals surface area contributed by atoms with Crippen LogP contribution in [0.4, 0.5) is 8.78 Å². The van der Waals surface area contributed by atoms with Gasteiger partial charge in [-0.3, -0.25) is 4.90 Å². The van der Waals surface area contributed by atoms with E-state index in [0.29, 0.717) is 30.4 Å². The van der Waals surface area contributed by atoms with Crippen LogP contribution in [-0.4, -0.2) is 39.0 Å². The van der Waals surface area contributed by atoms with Crippen LogP contribution in [0.3, 0.4) is 0 Å². The minimum Gasteiger partial charge on any atom is -0.438 e. The van der Waals surface area contributed by atoms with Crippen molar-refractivity contribution in [2.75, 3.05) is 13.1 Å². The second-order valence-electron chi connectivity index (χ2n) is 8.35. The maximum Gasteiger partial charge on any atom is 0.227 e. The lowest BCUT2D eigenvalue weighted by Gasteiger charge is -2.25. The van der Waals surface area contributed by atoms with Gasteiger partial charge in [0.1, 0.15) is 17.4 Å². The van der Waals surface area contributed by atoms with Crippen LogP contribution >= 0.6 is 0 Å². The second kappa shape index (κ2) is 11.9.